The molecular formula is C16H30N2O4S. The van der Waals surface area contributed by atoms with Crippen LogP contribution in [0.4, 0.5) is 0 Å². The van der Waals surface area contributed by atoms with Crippen molar-refractivity contribution in [2.24, 2.45) is 5.92 Å². The van der Waals surface area contributed by atoms with Crippen molar-refractivity contribution in [3.63, 3.8) is 0 Å². The Morgan fingerprint density at radius 2 is 1.87 bits per heavy atom. The summed E-state index contributed by atoms with van der Waals surface area (Å²) in [6.45, 7) is 4.32. The fourth-order valence-electron chi connectivity index (χ4n) is 3.75. The maximum Gasteiger partial charge on any atom is 0.241 e. The summed E-state index contributed by atoms with van der Waals surface area (Å²) in [6, 6.07) is 0. The quantitative estimate of drug-likeness (QED) is 0.739. The van der Waals surface area contributed by atoms with Crippen LogP contribution >= 0.6 is 0 Å². The lowest BCUT2D eigenvalue weighted by Crippen LogP contribution is -2.51. The monoisotopic (exact) mass is 346 g/mol. The highest BCUT2D eigenvalue weighted by Gasteiger charge is 2.49. The zero-order chi connectivity index (χ0) is 16.9. The minimum Gasteiger partial charge on any atom is -0.383 e. The number of likely N-dealkylation sites (tertiary alicyclic amines) is 1. The summed E-state index contributed by atoms with van der Waals surface area (Å²) in [5.41, 5.74) is 0. The lowest BCUT2D eigenvalue weighted by atomic mass is 9.96. The minimum atomic E-state index is -3.37. The van der Waals surface area contributed by atoms with Crippen LogP contribution < -0.4 is 5.32 Å². The van der Waals surface area contributed by atoms with E-state index in [-0.39, 0.29) is 5.91 Å². The third kappa shape index (κ3) is 4.45. The maximum absolute atomic E-state index is 12.5. The van der Waals surface area contributed by atoms with Gasteiger partial charge in [0.15, 0.2) is 9.84 Å². The molecule has 1 heterocycles. The Labute approximate surface area is 139 Å². The fraction of sp³-hybridized carbons (Fsp3) is 0.938. The third-order valence-corrected chi connectivity index (χ3v) is 7.42. The zero-order valence-corrected chi connectivity index (χ0v) is 15.2. The Balaban J connectivity index is 1.81. The molecule has 2 aliphatic rings. The number of piperidine rings is 1. The van der Waals surface area contributed by atoms with Gasteiger partial charge < -0.3 is 15.0 Å². The van der Waals surface area contributed by atoms with E-state index in [1.165, 1.54) is 6.26 Å². The molecule has 2 fully saturated rings. The summed E-state index contributed by atoms with van der Waals surface area (Å²) in [5.74, 6) is 0.162. The van der Waals surface area contributed by atoms with Crippen LogP contribution in [-0.4, -0.2) is 70.1 Å². The second-order valence-corrected chi connectivity index (χ2v) is 9.29. The molecule has 23 heavy (non-hydrogen) atoms. The molecule has 2 rings (SSSR count). The summed E-state index contributed by atoms with van der Waals surface area (Å²) in [6.07, 6.45) is 5.84. The van der Waals surface area contributed by atoms with Crippen LogP contribution in [0.5, 0.6) is 0 Å². The van der Waals surface area contributed by atoms with E-state index in [4.69, 9.17) is 4.74 Å². The predicted molar refractivity (Wildman–Crippen MR) is 90.1 cm³/mol. The first-order valence-corrected chi connectivity index (χ1v) is 10.5. The topological polar surface area (TPSA) is 75.7 Å². The smallest absolute Gasteiger partial charge is 0.241 e. The average molecular weight is 346 g/mol. The number of hydrogen-bond donors (Lipinski definition) is 1. The Kier molecular flexibility index (Phi) is 6.45. The highest BCUT2D eigenvalue weighted by Crippen LogP contribution is 2.36. The first kappa shape index (κ1) is 18.7. The van der Waals surface area contributed by atoms with E-state index < -0.39 is 14.6 Å². The first-order chi connectivity index (χ1) is 10.9. The van der Waals surface area contributed by atoms with Gasteiger partial charge >= 0.3 is 0 Å². The number of nitrogens with zero attached hydrogens (tertiary/aromatic N) is 1. The molecule has 7 heteroatoms. The van der Waals surface area contributed by atoms with Crippen molar-refractivity contribution < 1.29 is 17.9 Å². The normalized spacial score (nSPS) is 23.0. The minimum absolute atomic E-state index is 0.278. The molecule has 0 radical (unpaired) electrons. The van der Waals surface area contributed by atoms with E-state index in [1.807, 2.05) is 0 Å². The van der Waals surface area contributed by atoms with Crippen molar-refractivity contribution in [1.29, 1.82) is 0 Å². The molecule has 134 valence electrons. The molecule has 0 aromatic carbocycles. The summed E-state index contributed by atoms with van der Waals surface area (Å²) in [4.78, 5) is 14.9. The number of amides is 1. The number of sulfone groups is 1. The number of nitrogens with one attached hydrogen (secondary N) is 1. The number of hydrogen-bond acceptors (Lipinski definition) is 5. The van der Waals surface area contributed by atoms with Gasteiger partial charge in [-0.3, -0.25) is 4.79 Å². The van der Waals surface area contributed by atoms with Crippen LogP contribution in [0.2, 0.25) is 0 Å². The summed E-state index contributed by atoms with van der Waals surface area (Å²) >= 11 is 0. The number of carbonyl (C=O) groups is 1. The van der Waals surface area contributed by atoms with E-state index in [9.17, 15) is 13.2 Å². The van der Waals surface area contributed by atoms with Gasteiger partial charge in [-0.2, -0.15) is 0 Å². The Bertz CT molecular complexity index is 492. The second-order valence-electron chi connectivity index (χ2n) is 6.96. The number of rotatable bonds is 7. The average Bonchev–Trinajstić information content (AvgIpc) is 3.02. The molecule has 1 saturated carbocycles. The van der Waals surface area contributed by atoms with Gasteiger partial charge in [0.05, 0.1) is 6.61 Å². The lowest BCUT2D eigenvalue weighted by Gasteiger charge is -2.33. The second kappa shape index (κ2) is 7.94. The van der Waals surface area contributed by atoms with Crippen molar-refractivity contribution in [3.8, 4) is 0 Å². The van der Waals surface area contributed by atoms with Crippen LogP contribution in [-0.2, 0) is 19.4 Å². The van der Waals surface area contributed by atoms with Crippen LogP contribution in [0.3, 0.4) is 0 Å². The molecule has 1 aliphatic carbocycles. The van der Waals surface area contributed by atoms with Crippen LogP contribution in [0.1, 0.15) is 38.5 Å². The highest BCUT2D eigenvalue weighted by molar-refractivity contribution is 7.92. The van der Waals surface area contributed by atoms with E-state index in [1.54, 1.807) is 7.11 Å². The van der Waals surface area contributed by atoms with Gasteiger partial charge in [0.2, 0.25) is 5.91 Å². The number of carbonyl (C=O) groups excluding carboxylic acids is 1. The highest BCUT2D eigenvalue weighted by atomic mass is 32.2. The molecule has 1 saturated heterocycles. The van der Waals surface area contributed by atoms with Crippen molar-refractivity contribution in [2.75, 3.05) is 46.2 Å². The van der Waals surface area contributed by atoms with Crippen molar-refractivity contribution in [1.82, 2.24) is 10.2 Å². The maximum atomic E-state index is 12.5. The molecule has 0 atom stereocenters. The van der Waals surface area contributed by atoms with Crippen LogP contribution in [0, 0.1) is 5.92 Å². The summed E-state index contributed by atoms with van der Waals surface area (Å²) in [7, 11) is -1.66. The Hall–Kier alpha value is -0.660. The van der Waals surface area contributed by atoms with Crippen molar-refractivity contribution in [2.45, 2.75) is 43.3 Å². The van der Waals surface area contributed by atoms with Gasteiger partial charge in [0.1, 0.15) is 4.75 Å². The summed E-state index contributed by atoms with van der Waals surface area (Å²) < 4.78 is 28.1. The van der Waals surface area contributed by atoms with Crippen LogP contribution in [0.15, 0.2) is 0 Å². The molecule has 1 aliphatic heterocycles. The van der Waals surface area contributed by atoms with Crippen molar-refractivity contribution >= 4 is 15.7 Å². The van der Waals surface area contributed by atoms with E-state index in [2.05, 4.69) is 10.2 Å². The number of ether oxygens (including phenoxy) is 1. The Morgan fingerprint density at radius 3 is 2.39 bits per heavy atom. The third-order valence-electron chi connectivity index (χ3n) is 5.40. The molecule has 1 amide bonds. The zero-order valence-electron chi connectivity index (χ0n) is 14.3. The SMILES string of the molecule is COCCN1CCC(CNC(=O)C2(S(C)(=O)=O)CCCC2)CC1. The van der Waals surface area contributed by atoms with Gasteiger partial charge in [-0.05, 0) is 44.7 Å². The van der Waals surface area contributed by atoms with Gasteiger partial charge in [0, 0.05) is 26.5 Å². The molecular weight excluding hydrogens is 316 g/mol. The molecule has 6 nitrogen and oxygen atoms in total. The summed E-state index contributed by atoms with van der Waals surface area (Å²) in [5, 5.41) is 2.94. The van der Waals surface area contributed by atoms with Gasteiger partial charge in [-0.1, -0.05) is 12.8 Å². The number of methoxy groups -OCH3 is 1. The molecule has 0 aromatic heterocycles. The van der Waals surface area contributed by atoms with Gasteiger partial charge in [-0.15, -0.1) is 0 Å². The standard InChI is InChI=1S/C16H30N2O4S/c1-22-12-11-18-9-5-14(6-10-18)13-17-15(19)16(23(2,20)21)7-3-4-8-16/h14H,3-13H2,1-2H3,(H,17,19). The van der Waals surface area contributed by atoms with Gasteiger partial charge in [0.25, 0.3) is 0 Å². The molecule has 0 unspecified atom stereocenters. The Morgan fingerprint density at radius 1 is 1.26 bits per heavy atom. The molecule has 0 spiro atoms. The van der Waals surface area contributed by atoms with Crippen molar-refractivity contribution in [3.05, 3.63) is 0 Å². The molecule has 0 bridgehead atoms. The van der Waals surface area contributed by atoms with E-state index in [0.29, 0.717) is 25.3 Å². The molecule has 0 aromatic rings. The fourth-order valence-corrected chi connectivity index (χ4v) is 5.18. The first-order valence-electron chi connectivity index (χ1n) is 8.58. The van der Waals surface area contributed by atoms with Crippen LogP contribution in [0.25, 0.3) is 0 Å². The van der Waals surface area contributed by atoms with E-state index >= 15 is 0 Å². The largest absolute Gasteiger partial charge is 0.383 e. The van der Waals surface area contributed by atoms with Gasteiger partial charge in [-0.25, -0.2) is 8.42 Å². The van der Waals surface area contributed by atoms with E-state index in [0.717, 1.165) is 51.9 Å². The molecule has 1 N–H and O–H groups in total. The predicted octanol–water partition coefficient (Wildman–Crippen LogP) is 0.818. The lowest BCUT2D eigenvalue weighted by molar-refractivity contribution is -0.123.